The van der Waals surface area contributed by atoms with Gasteiger partial charge in [-0.15, -0.1) is 0 Å². The van der Waals surface area contributed by atoms with Crippen molar-refractivity contribution in [1.82, 2.24) is 0 Å². The zero-order valence-corrected chi connectivity index (χ0v) is 11.1. The van der Waals surface area contributed by atoms with E-state index < -0.39 is 5.92 Å². The molecule has 0 amide bonds. The largest absolute Gasteiger partial charge is 0.496 e. The molecule has 0 fully saturated rings. The van der Waals surface area contributed by atoms with Gasteiger partial charge < -0.3 is 4.74 Å². The Kier molecular flexibility index (Phi) is 4.12. The first-order valence-corrected chi connectivity index (χ1v) is 5.90. The maximum atomic E-state index is 13.8. The molecule has 17 heavy (non-hydrogen) atoms. The van der Waals surface area contributed by atoms with Crippen molar-refractivity contribution in [2.24, 2.45) is 0 Å². The Labute approximate surface area is 102 Å². The summed E-state index contributed by atoms with van der Waals surface area (Å²) in [6.45, 7) is 7.15. The highest BCUT2D eigenvalue weighted by molar-refractivity contribution is 5.45. The summed E-state index contributed by atoms with van der Waals surface area (Å²) in [5.74, 6) is -1.91. The van der Waals surface area contributed by atoms with Crippen LogP contribution in [0.1, 0.15) is 49.8 Å². The molecule has 0 spiro atoms. The molecule has 0 saturated heterocycles. The van der Waals surface area contributed by atoms with Crippen molar-refractivity contribution < 1.29 is 13.5 Å². The number of alkyl halides is 2. The van der Waals surface area contributed by atoms with Crippen LogP contribution in [0.15, 0.2) is 12.1 Å². The predicted octanol–water partition coefficient (Wildman–Crippen LogP) is 4.63. The van der Waals surface area contributed by atoms with E-state index in [-0.39, 0.29) is 17.9 Å². The Morgan fingerprint density at radius 2 is 1.88 bits per heavy atom. The number of hydrogen-bond donors (Lipinski definition) is 0. The molecule has 1 nitrogen and oxygen atoms in total. The van der Waals surface area contributed by atoms with Crippen LogP contribution in [0.2, 0.25) is 0 Å². The first kappa shape index (κ1) is 13.9. The molecule has 0 aliphatic heterocycles. The van der Waals surface area contributed by atoms with E-state index >= 15 is 0 Å². The molecular formula is C14H20F2O. The molecule has 0 radical (unpaired) electrons. The third kappa shape index (κ3) is 2.76. The van der Waals surface area contributed by atoms with Crippen LogP contribution in [0.25, 0.3) is 0 Å². The van der Waals surface area contributed by atoms with E-state index in [0.29, 0.717) is 11.3 Å². The Morgan fingerprint density at radius 1 is 1.29 bits per heavy atom. The van der Waals surface area contributed by atoms with Gasteiger partial charge in [-0.3, -0.25) is 0 Å². The molecule has 3 heteroatoms. The van der Waals surface area contributed by atoms with Gasteiger partial charge in [0.1, 0.15) is 5.75 Å². The minimum absolute atomic E-state index is 0.115. The summed E-state index contributed by atoms with van der Waals surface area (Å²) < 4.78 is 32.8. The van der Waals surface area contributed by atoms with Crippen LogP contribution in [0.3, 0.4) is 0 Å². The quantitative estimate of drug-likeness (QED) is 0.748. The van der Waals surface area contributed by atoms with Gasteiger partial charge in [0.05, 0.1) is 7.11 Å². The fraction of sp³-hybridized carbons (Fsp3) is 0.571. The summed E-state index contributed by atoms with van der Waals surface area (Å²) in [6.07, 6.45) is -0.183. The SMILES string of the molecule is CCC(F)(F)c1cc(C(C)C)c(OC)cc1C. The van der Waals surface area contributed by atoms with Gasteiger partial charge in [0.2, 0.25) is 0 Å². The zero-order chi connectivity index (χ0) is 13.2. The minimum atomic E-state index is -2.76. The monoisotopic (exact) mass is 242 g/mol. The van der Waals surface area contributed by atoms with Crippen molar-refractivity contribution in [2.45, 2.75) is 46.0 Å². The Morgan fingerprint density at radius 3 is 2.29 bits per heavy atom. The molecule has 0 unspecified atom stereocenters. The summed E-state index contributed by atoms with van der Waals surface area (Å²) in [4.78, 5) is 0. The van der Waals surface area contributed by atoms with E-state index in [2.05, 4.69) is 0 Å². The van der Waals surface area contributed by atoms with Crippen LogP contribution in [0.5, 0.6) is 5.75 Å². The van der Waals surface area contributed by atoms with Gasteiger partial charge in [0, 0.05) is 12.0 Å². The highest BCUT2D eigenvalue weighted by atomic mass is 19.3. The number of aryl methyl sites for hydroxylation is 1. The molecule has 1 aromatic rings. The molecule has 0 heterocycles. The normalized spacial score (nSPS) is 12.0. The summed E-state index contributed by atoms with van der Waals surface area (Å²) >= 11 is 0. The topological polar surface area (TPSA) is 9.23 Å². The van der Waals surface area contributed by atoms with Gasteiger partial charge in [-0.25, -0.2) is 8.78 Å². The summed E-state index contributed by atoms with van der Waals surface area (Å²) in [5, 5.41) is 0. The minimum Gasteiger partial charge on any atom is -0.496 e. The molecule has 1 aromatic carbocycles. The van der Waals surface area contributed by atoms with Crippen LogP contribution < -0.4 is 4.74 Å². The third-order valence-electron chi connectivity index (χ3n) is 3.04. The molecule has 0 saturated carbocycles. The molecule has 0 aliphatic rings. The summed E-state index contributed by atoms with van der Waals surface area (Å²) in [5.41, 5.74) is 1.53. The first-order valence-electron chi connectivity index (χ1n) is 5.90. The van der Waals surface area contributed by atoms with Gasteiger partial charge in [-0.1, -0.05) is 20.8 Å². The Balaban J connectivity index is 3.39. The van der Waals surface area contributed by atoms with Gasteiger partial charge in [0.25, 0.3) is 5.92 Å². The predicted molar refractivity (Wildman–Crippen MR) is 66.0 cm³/mol. The fourth-order valence-electron chi connectivity index (χ4n) is 1.91. The lowest BCUT2D eigenvalue weighted by atomic mass is 9.93. The molecule has 96 valence electrons. The number of halogens is 2. The summed E-state index contributed by atoms with van der Waals surface area (Å²) in [6, 6.07) is 3.29. The van der Waals surface area contributed by atoms with Crippen molar-refractivity contribution in [2.75, 3.05) is 7.11 Å². The van der Waals surface area contributed by atoms with Crippen molar-refractivity contribution >= 4 is 0 Å². The highest BCUT2D eigenvalue weighted by Crippen LogP contribution is 2.38. The standard InChI is InChI=1S/C14H20F2O/c1-6-14(15,16)12-8-11(9(2)3)13(17-5)7-10(12)4/h7-9H,6H2,1-5H3. The molecule has 1 rings (SSSR count). The van der Waals surface area contributed by atoms with Crippen LogP contribution in [-0.4, -0.2) is 7.11 Å². The molecular weight excluding hydrogens is 222 g/mol. The van der Waals surface area contributed by atoms with Gasteiger partial charge in [-0.2, -0.15) is 0 Å². The van der Waals surface area contributed by atoms with E-state index in [9.17, 15) is 8.78 Å². The van der Waals surface area contributed by atoms with Crippen molar-refractivity contribution in [3.05, 3.63) is 28.8 Å². The van der Waals surface area contributed by atoms with Crippen LogP contribution in [0, 0.1) is 6.92 Å². The number of rotatable bonds is 4. The maximum absolute atomic E-state index is 13.8. The third-order valence-corrected chi connectivity index (χ3v) is 3.04. The zero-order valence-electron chi connectivity index (χ0n) is 11.1. The van der Waals surface area contributed by atoms with Crippen LogP contribution >= 0.6 is 0 Å². The number of benzene rings is 1. The second-order valence-corrected chi connectivity index (χ2v) is 4.62. The van der Waals surface area contributed by atoms with Crippen LogP contribution in [-0.2, 0) is 5.92 Å². The number of ether oxygens (including phenoxy) is 1. The van der Waals surface area contributed by atoms with Crippen molar-refractivity contribution in [3.63, 3.8) is 0 Å². The van der Waals surface area contributed by atoms with E-state index in [1.807, 2.05) is 13.8 Å². The molecule has 0 N–H and O–H groups in total. The first-order chi connectivity index (χ1) is 7.83. The maximum Gasteiger partial charge on any atom is 0.273 e. The van der Waals surface area contributed by atoms with Crippen molar-refractivity contribution in [3.8, 4) is 5.75 Å². The lowest BCUT2D eigenvalue weighted by Crippen LogP contribution is -2.14. The fourth-order valence-corrected chi connectivity index (χ4v) is 1.91. The number of methoxy groups -OCH3 is 1. The van der Waals surface area contributed by atoms with E-state index in [0.717, 1.165) is 5.56 Å². The van der Waals surface area contributed by atoms with Gasteiger partial charge in [0.15, 0.2) is 0 Å². The highest BCUT2D eigenvalue weighted by Gasteiger charge is 2.31. The van der Waals surface area contributed by atoms with Gasteiger partial charge in [-0.05, 0) is 36.1 Å². The molecule has 0 bridgehead atoms. The molecule has 0 aromatic heterocycles. The molecule has 0 aliphatic carbocycles. The second kappa shape index (κ2) is 5.03. The Bertz CT molecular complexity index is 397. The van der Waals surface area contributed by atoms with Crippen LogP contribution in [0.4, 0.5) is 8.78 Å². The Hall–Kier alpha value is -1.12. The average Bonchev–Trinajstić information content (AvgIpc) is 2.27. The smallest absolute Gasteiger partial charge is 0.273 e. The second-order valence-electron chi connectivity index (χ2n) is 4.62. The average molecular weight is 242 g/mol. The molecule has 0 atom stereocenters. The van der Waals surface area contributed by atoms with Gasteiger partial charge >= 0.3 is 0 Å². The lowest BCUT2D eigenvalue weighted by Gasteiger charge is -2.21. The number of hydrogen-bond acceptors (Lipinski definition) is 1. The van der Waals surface area contributed by atoms with Crippen molar-refractivity contribution in [1.29, 1.82) is 0 Å². The lowest BCUT2D eigenvalue weighted by molar-refractivity contribution is -0.00901. The summed E-state index contributed by atoms with van der Waals surface area (Å²) in [7, 11) is 1.57. The van der Waals surface area contributed by atoms with E-state index in [1.165, 1.54) is 6.92 Å². The van der Waals surface area contributed by atoms with E-state index in [4.69, 9.17) is 4.74 Å². The van der Waals surface area contributed by atoms with E-state index in [1.54, 1.807) is 26.2 Å².